The normalized spacial score (nSPS) is 12.8. The lowest BCUT2D eigenvalue weighted by Gasteiger charge is -2.26. The molecule has 4 rings (SSSR count). The Bertz CT molecular complexity index is 1220. The van der Waals surface area contributed by atoms with Gasteiger partial charge in [0, 0.05) is 34.6 Å². The van der Waals surface area contributed by atoms with Crippen LogP contribution in [0.2, 0.25) is 0 Å². The fraction of sp³-hybridized carbons (Fsp3) is 0.444. The first-order valence-electron chi connectivity index (χ1n) is 12.3. The second-order valence-corrected chi connectivity index (χ2v) is 11.1. The van der Waals surface area contributed by atoms with Crippen molar-refractivity contribution in [1.29, 1.82) is 0 Å². The van der Waals surface area contributed by atoms with Crippen molar-refractivity contribution >= 4 is 29.0 Å². The molecule has 0 atom stereocenters. The van der Waals surface area contributed by atoms with Crippen LogP contribution < -0.4 is 10.1 Å². The van der Waals surface area contributed by atoms with Crippen molar-refractivity contribution in [1.82, 2.24) is 14.9 Å². The first-order valence-corrected chi connectivity index (χ1v) is 13.2. The summed E-state index contributed by atoms with van der Waals surface area (Å²) in [7, 11) is 0. The number of hydrogen-bond acceptors (Lipinski definition) is 6. The van der Waals surface area contributed by atoms with Crippen molar-refractivity contribution in [2.24, 2.45) is 0 Å². The Morgan fingerprint density at radius 1 is 1.19 bits per heavy atom. The number of likely N-dealkylation sites (N-methyl/N-ethyl adjacent to an activating group) is 1. The lowest BCUT2D eigenvalue weighted by Crippen LogP contribution is -2.38. The maximum Gasteiger partial charge on any atom is 0.410 e. The molecule has 0 unspecified atom stereocenters. The summed E-state index contributed by atoms with van der Waals surface area (Å²) in [6.45, 7) is 10.7. The quantitative estimate of drug-likeness (QED) is 0.417. The number of anilines is 1. The summed E-state index contributed by atoms with van der Waals surface area (Å²) in [5.74, 6) is 0.488. The first kappa shape index (κ1) is 25.8. The number of carbonyl (C=O) groups is 2. The van der Waals surface area contributed by atoms with E-state index in [1.807, 2.05) is 46.8 Å². The van der Waals surface area contributed by atoms with Crippen molar-refractivity contribution in [3.05, 3.63) is 51.6 Å². The standard InChI is InChI=1S/C27H34N4O4S/c1-6-31(26(33)35-27(3,4)5)14-15-34-19-12-10-18(11-13-19)30-25(32)20-16-28-21-8-7-9-22-24(23(20)21)29-17(2)36-22/h10-13,16,28H,6-9,14-15H2,1-5H3,(H,30,32). The van der Waals surface area contributed by atoms with Gasteiger partial charge in [0.15, 0.2) is 0 Å². The van der Waals surface area contributed by atoms with Crippen LogP contribution >= 0.6 is 11.3 Å². The molecule has 1 aromatic carbocycles. The number of rotatable bonds is 7. The maximum atomic E-state index is 13.2. The molecule has 8 nitrogen and oxygen atoms in total. The predicted octanol–water partition coefficient (Wildman–Crippen LogP) is 5.82. The Labute approximate surface area is 216 Å². The van der Waals surface area contributed by atoms with Crippen LogP contribution in [0.15, 0.2) is 30.5 Å². The molecule has 36 heavy (non-hydrogen) atoms. The van der Waals surface area contributed by atoms with Crippen molar-refractivity contribution < 1.29 is 19.1 Å². The van der Waals surface area contributed by atoms with E-state index in [2.05, 4.69) is 10.3 Å². The fourth-order valence-corrected chi connectivity index (χ4v) is 5.17. The van der Waals surface area contributed by atoms with E-state index in [1.54, 1.807) is 34.6 Å². The molecule has 0 aliphatic heterocycles. The van der Waals surface area contributed by atoms with E-state index < -0.39 is 5.60 Å². The number of carbonyl (C=O) groups excluding carboxylic acids is 2. The molecule has 1 aliphatic carbocycles. The summed E-state index contributed by atoms with van der Waals surface area (Å²) < 4.78 is 11.2. The monoisotopic (exact) mass is 510 g/mol. The van der Waals surface area contributed by atoms with E-state index in [4.69, 9.17) is 14.5 Å². The van der Waals surface area contributed by atoms with Crippen LogP contribution in [0.5, 0.6) is 5.75 Å². The SMILES string of the molecule is CCN(CCOc1ccc(NC(=O)c2c[nH]c3c2-c2nc(C)sc2CCC3)cc1)C(=O)OC(C)(C)C. The van der Waals surface area contributed by atoms with Gasteiger partial charge in [-0.25, -0.2) is 9.78 Å². The number of hydrogen-bond donors (Lipinski definition) is 2. The van der Waals surface area contributed by atoms with Crippen molar-refractivity contribution in [3.63, 3.8) is 0 Å². The van der Waals surface area contributed by atoms with Gasteiger partial charge < -0.3 is 24.7 Å². The zero-order valence-electron chi connectivity index (χ0n) is 21.6. The number of fused-ring (bicyclic) bond motifs is 3. The molecule has 0 spiro atoms. The number of benzene rings is 1. The Hall–Kier alpha value is -3.33. The number of aromatic amines is 1. The van der Waals surface area contributed by atoms with E-state index in [0.717, 1.165) is 41.2 Å². The highest BCUT2D eigenvalue weighted by Gasteiger charge is 2.26. The molecule has 2 heterocycles. The second kappa shape index (κ2) is 10.7. The van der Waals surface area contributed by atoms with Crippen LogP contribution in [-0.4, -0.2) is 52.2 Å². The number of thiazole rings is 1. The highest BCUT2D eigenvalue weighted by Crippen LogP contribution is 2.37. The molecule has 2 amide bonds. The molecular weight excluding hydrogens is 476 g/mol. The summed E-state index contributed by atoms with van der Waals surface area (Å²) in [6.07, 6.45) is 4.36. The van der Waals surface area contributed by atoms with Gasteiger partial charge in [-0.15, -0.1) is 11.3 Å². The first-order chi connectivity index (χ1) is 17.1. The molecule has 0 bridgehead atoms. The van der Waals surface area contributed by atoms with Gasteiger partial charge in [-0.05, 0) is 78.1 Å². The number of nitrogens with zero attached hydrogens (tertiary/aromatic N) is 2. The number of aromatic nitrogens is 2. The predicted molar refractivity (Wildman–Crippen MR) is 142 cm³/mol. The lowest BCUT2D eigenvalue weighted by atomic mass is 10.1. The number of aryl methyl sites for hydroxylation is 3. The van der Waals surface area contributed by atoms with Crippen LogP contribution in [0.25, 0.3) is 11.3 Å². The number of ether oxygens (including phenoxy) is 2. The van der Waals surface area contributed by atoms with Gasteiger partial charge in [0.05, 0.1) is 22.8 Å². The fourth-order valence-electron chi connectivity index (χ4n) is 4.18. The van der Waals surface area contributed by atoms with Crippen LogP contribution in [0, 0.1) is 6.92 Å². The highest BCUT2D eigenvalue weighted by atomic mass is 32.1. The Balaban J connectivity index is 1.36. The molecule has 0 saturated carbocycles. The summed E-state index contributed by atoms with van der Waals surface area (Å²) in [5, 5.41) is 4.01. The third-order valence-corrected chi connectivity index (χ3v) is 6.88. The summed E-state index contributed by atoms with van der Waals surface area (Å²) in [6, 6.07) is 7.22. The number of amides is 2. The average Bonchev–Trinajstić information content (AvgIpc) is 3.35. The topological polar surface area (TPSA) is 96.5 Å². The summed E-state index contributed by atoms with van der Waals surface area (Å²) in [5.41, 5.74) is 3.68. The highest BCUT2D eigenvalue weighted by molar-refractivity contribution is 7.12. The third-order valence-electron chi connectivity index (χ3n) is 5.85. The van der Waals surface area contributed by atoms with Crippen molar-refractivity contribution in [2.45, 2.75) is 59.5 Å². The smallest absolute Gasteiger partial charge is 0.410 e. The molecule has 3 aromatic rings. The summed E-state index contributed by atoms with van der Waals surface area (Å²) in [4.78, 5) is 36.3. The van der Waals surface area contributed by atoms with Crippen molar-refractivity contribution in [2.75, 3.05) is 25.0 Å². The van der Waals surface area contributed by atoms with E-state index in [9.17, 15) is 9.59 Å². The lowest BCUT2D eigenvalue weighted by molar-refractivity contribution is 0.0237. The maximum absolute atomic E-state index is 13.2. The zero-order valence-corrected chi connectivity index (χ0v) is 22.4. The third kappa shape index (κ3) is 6.07. The molecule has 0 fully saturated rings. The zero-order chi connectivity index (χ0) is 25.9. The largest absolute Gasteiger partial charge is 0.492 e. The molecule has 1 aliphatic rings. The minimum Gasteiger partial charge on any atom is -0.492 e. The van der Waals surface area contributed by atoms with Crippen molar-refractivity contribution in [3.8, 4) is 17.0 Å². The molecule has 9 heteroatoms. The van der Waals surface area contributed by atoms with E-state index in [0.29, 0.717) is 36.7 Å². The molecular formula is C27H34N4O4S. The van der Waals surface area contributed by atoms with Gasteiger partial charge in [0.25, 0.3) is 5.91 Å². The summed E-state index contributed by atoms with van der Waals surface area (Å²) >= 11 is 1.71. The van der Waals surface area contributed by atoms with Gasteiger partial charge >= 0.3 is 6.09 Å². The Morgan fingerprint density at radius 2 is 1.94 bits per heavy atom. The molecule has 2 aromatic heterocycles. The number of H-pyrrole nitrogens is 1. The Kier molecular flexibility index (Phi) is 7.68. The average molecular weight is 511 g/mol. The minimum absolute atomic E-state index is 0.171. The van der Waals surface area contributed by atoms with E-state index >= 15 is 0 Å². The van der Waals surface area contributed by atoms with Gasteiger partial charge in [-0.2, -0.15) is 0 Å². The Morgan fingerprint density at radius 3 is 2.64 bits per heavy atom. The second-order valence-electron chi connectivity index (χ2n) is 9.80. The minimum atomic E-state index is -0.536. The molecule has 0 saturated heterocycles. The van der Waals surface area contributed by atoms with Gasteiger partial charge in [0.1, 0.15) is 18.0 Å². The molecule has 192 valence electrons. The van der Waals surface area contributed by atoms with Gasteiger partial charge in [-0.1, -0.05) is 0 Å². The van der Waals surface area contributed by atoms with E-state index in [-0.39, 0.29) is 12.0 Å². The van der Waals surface area contributed by atoms with Gasteiger partial charge in [-0.3, -0.25) is 4.79 Å². The number of nitrogens with one attached hydrogen (secondary N) is 2. The van der Waals surface area contributed by atoms with Crippen LogP contribution in [0.3, 0.4) is 0 Å². The molecule has 2 N–H and O–H groups in total. The van der Waals surface area contributed by atoms with E-state index in [1.165, 1.54) is 4.88 Å². The van der Waals surface area contributed by atoms with Gasteiger partial charge in [0.2, 0.25) is 0 Å². The van der Waals surface area contributed by atoms with Crippen LogP contribution in [0.1, 0.15) is 60.1 Å². The van der Waals surface area contributed by atoms with Crippen LogP contribution in [-0.2, 0) is 17.6 Å². The molecule has 0 radical (unpaired) electrons. The van der Waals surface area contributed by atoms with Crippen LogP contribution in [0.4, 0.5) is 10.5 Å².